The Balaban J connectivity index is 1.95. The van der Waals surface area contributed by atoms with Crippen molar-refractivity contribution >= 4 is 16.9 Å². The van der Waals surface area contributed by atoms with Crippen LogP contribution in [0.3, 0.4) is 0 Å². The Morgan fingerprint density at radius 2 is 2.05 bits per heavy atom. The van der Waals surface area contributed by atoms with Crippen LogP contribution in [-0.2, 0) is 0 Å². The highest BCUT2D eigenvalue weighted by molar-refractivity contribution is 6.05. The molecule has 0 aliphatic carbocycles. The molecule has 0 fully saturated rings. The number of para-hydroxylation sites is 1. The van der Waals surface area contributed by atoms with Gasteiger partial charge in [-0.05, 0) is 26.8 Å². The minimum atomic E-state index is -0.0695. The number of H-pyrrole nitrogens is 1. The van der Waals surface area contributed by atoms with Crippen LogP contribution >= 0.6 is 0 Å². The van der Waals surface area contributed by atoms with Crippen molar-refractivity contribution in [3.8, 4) is 0 Å². The van der Waals surface area contributed by atoms with Crippen LogP contribution in [-0.4, -0.2) is 28.1 Å². The van der Waals surface area contributed by atoms with Crippen LogP contribution in [0, 0.1) is 13.8 Å². The van der Waals surface area contributed by atoms with Crippen LogP contribution in [0.4, 0.5) is 0 Å². The number of fused-ring (bicyclic) bond motifs is 1. The Morgan fingerprint density at radius 3 is 2.73 bits per heavy atom. The molecule has 0 spiro atoms. The number of aryl methyl sites for hydroxylation is 2. The first kappa shape index (κ1) is 14.4. The van der Waals surface area contributed by atoms with Gasteiger partial charge in [-0.2, -0.15) is 5.10 Å². The lowest BCUT2D eigenvalue weighted by molar-refractivity contribution is 0.0743. The van der Waals surface area contributed by atoms with E-state index in [2.05, 4.69) is 10.2 Å². The Labute approximate surface area is 128 Å². The third-order valence-corrected chi connectivity index (χ3v) is 4.22. The van der Waals surface area contributed by atoms with Crippen LogP contribution in [0.1, 0.15) is 40.3 Å². The normalized spacial score (nSPS) is 12.5. The van der Waals surface area contributed by atoms with Gasteiger partial charge in [0, 0.05) is 23.7 Å². The molecule has 3 aromatic rings. The van der Waals surface area contributed by atoms with Crippen LogP contribution in [0.15, 0.2) is 34.9 Å². The number of benzene rings is 1. The largest absolute Gasteiger partial charge is 0.463 e. The minimum Gasteiger partial charge on any atom is -0.463 e. The topological polar surface area (TPSA) is 62.1 Å². The van der Waals surface area contributed by atoms with Gasteiger partial charge in [-0.1, -0.05) is 18.2 Å². The van der Waals surface area contributed by atoms with Crippen molar-refractivity contribution in [2.45, 2.75) is 26.8 Å². The van der Waals surface area contributed by atoms with Crippen molar-refractivity contribution in [2.24, 2.45) is 0 Å². The number of rotatable bonds is 3. The predicted molar refractivity (Wildman–Crippen MR) is 84.8 cm³/mol. The highest BCUT2D eigenvalue weighted by atomic mass is 16.3. The standard InChI is InChI=1S/C17H19N3O2/c1-10-16(11(2)19-18-10)12(3)20(4)17(21)14-9-22-15-8-6-5-7-13(14)15/h5-9,12H,1-4H3,(H,18,19). The molecule has 0 aliphatic heterocycles. The quantitative estimate of drug-likeness (QED) is 0.803. The monoisotopic (exact) mass is 297 g/mol. The fourth-order valence-electron chi connectivity index (χ4n) is 2.88. The molecule has 0 radical (unpaired) electrons. The number of hydrogen-bond acceptors (Lipinski definition) is 3. The molecule has 5 nitrogen and oxygen atoms in total. The van der Waals surface area contributed by atoms with Crippen LogP contribution < -0.4 is 0 Å². The van der Waals surface area contributed by atoms with E-state index in [4.69, 9.17) is 4.42 Å². The Bertz CT molecular complexity index is 812. The molecule has 0 saturated carbocycles. The average Bonchev–Trinajstić information content (AvgIpc) is 3.09. The summed E-state index contributed by atoms with van der Waals surface area (Å²) in [5.41, 5.74) is 4.28. The summed E-state index contributed by atoms with van der Waals surface area (Å²) in [4.78, 5) is 14.5. The SMILES string of the molecule is Cc1n[nH]c(C)c1C(C)N(C)C(=O)c1coc2ccccc12. The van der Waals surface area contributed by atoms with E-state index in [1.54, 1.807) is 11.9 Å². The maximum Gasteiger partial charge on any atom is 0.257 e. The summed E-state index contributed by atoms with van der Waals surface area (Å²) in [7, 11) is 1.81. The molecule has 0 saturated heterocycles. The summed E-state index contributed by atoms with van der Waals surface area (Å²) < 4.78 is 5.47. The van der Waals surface area contributed by atoms with Gasteiger partial charge < -0.3 is 9.32 Å². The first-order valence-electron chi connectivity index (χ1n) is 7.25. The number of nitrogens with zero attached hydrogens (tertiary/aromatic N) is 2. The maximum atomic E-state index is 12.8. The van der Waals surface area contributed by atoms with Crippen LogP contribution in [0.5, 0.6) is 0 Å². The molecular formula is C17H19N3O2. The lowest BCUT2D eigenvalue weighted by Gasteiger charge is -2.25. The molecule has 114 valence electrons. The fraction of sp³-hybridized carbons (Fsp3) is 0.294. The first-order valence-corrected chi connectivity index (χ1v) is 7.25. The number of amides is 1. The van der Waals surface area contributed by atoms with Crippen molar-refractivity contribution in [3.63, 3.8) is 0 Å². The van der Waals surface area contributed by atoms with Crippen molar-refractivity contribution < 1.29 is 9.21 Å². The van der Waals surface area contributed by atoms with Gasteiger partial charge >= 0.3 is 0 Å². The van der Waals surface area contributed by atoms with E-state index in [0.29, 0.717) is 5.56 Å². The number of carbonyl (C=O) groups is 1. The Hall–Kier alpha value is -2.56. The van der Waals surface area contributed by atoms with Crippen LogP contribution in [0.2, 0.25) is 0 Å². The second-order valence-electron chi connectivity index (χ2n) is 5.59. The van der Waals surface area contributed by atoms with E-state index in [-0.39, 0.29) is 11.9 Å². The highest BCUT2D eigenvalue weighted by Crippen LogP contribution is 2.28. The van der Waals surface area contributed by atoms with E-state index in [9.17, 15) is 4.79 Å². The molecule has 1 unspecified atom stereocenters. The van der Waals surface area contributed by atoms with Gasteiger partial charge in [-0.25, -0.2) is 0 Å². The number of hydrogen-bond donors (Lipinski definition) is 1. The van der Waals surface area contributed by atoms with Gasteiger partial charge in [-0.15, -0.1) is 0 Å². The van der Waals surface area contributed by atoms with Gasteiger partial charge in [-0.3, -0.25) is 9.89 Å². The molecule has 22 heavy (non-hydrogen) atoms. The molecule has 1 atom stereocenters. The van der Waals surface area contributed by atoms with Crippen molar-refractivity contribution in [1.82, 2.24) is 15.1 Å². The molecule has 1 amide bonds. The molecule has 2 heterocycles. The van der Waals surface area contributed by atoms with Crippen molar-refractivity contribution in [2.75, 3.05) is 7.05 Å². The van der Waals surface area contributed by atoms with Gasteiger partial charge in [0.05, 0.1) is 17.3 Å². The van der Waals surface area contributed by atoms with Gasteiger partial charge in [0.2, 0.25) is 0 Å². The second kappa shape index (κ2) is 5.33. The van der Waals surface area contributed by atoms with Gasteiger partial charge in [0.25, 0.3) is 5.91 Å². The average molecular weight is 297 g/mol. The number of furan rings is 1. The van der Waals surface area contributed by atoms with E-state index < -0.39 is 0 Å². The third-order valence-electron chi connectivity index (χ3n) is 4.22. The Morgan fingerprint density at radius 1 is 1.32 bits per heavy atom. The summed E-state index contributed by atoms with van der Waals surface area (Å²) in [6.45, 7) is 5.92. The van der Waals surface area contributed by atoms with Crippen LogP contribution in [0.25, 0.3) is 11.0 Å². The zero-order valence-corrected chi connectivity index (χ0v) is 13.2. The van der Waals surface area contributed by atoms with Crippen molar-refractivity contribution in [1.29, 1.82) is 0 Å². The number of aromatic nitrogens is 2. The summed E-state index contributed by atoms with van der Waals surface area (Å²) >= 11 is 0. The van der Waals surface area contributed by atoms with E-state index in [0.717, 1.165) is 27.9 Å². The minimum absolute atomic E-state index is 0.0579. The number of nitrogens with one attached hydrogen (secondary N) is 1. The smallest absolute Gasteiger partial charge is 0.257 e. The molecule has 3 rings (SSSR count). The number of aromatic amines is 1. The van der Waals surface area contributed by atoms with E-state index in [1.807, 2.05) is 45.0 Å². The summed E-state index contributed by atoms with van der Waals surface area (Å²) in [6.07, 6.45) is 1.53. The highest BCUT2D eigenvalue weighted by Gasteiger charge is 2.25. The third kappa shape index (κ3) is 2.19. The molecule has 0 bridgehead atoms. The second-order valence-corrected chi connectivity index (χ2v) is 5.59. The van der Waals surface area contributed by atoms with E-state index >= 15 is 0 Å². The van der Waals surface area contributed by atoms with Gasteiger partial charge in [0.15, 0.2) is 0 Å². The molecule has 1 aromatic carbocycles. The molecule has 1 N–H and O–H groups in total. The zero-order valence-electron chi connectivity index (χ0n) is 13.2. The van der Waals surface area contributed by atoms with E-state index in [1.165, 1.54) is 6.26 Å². The molecule has 2 aromatic heterocycles. The summed E-state index contributed by atoms with van der Waals surface area (Å²) in [5, 5.41) is 8.02. The maximum absolute atomic E-state index is 12.8. The fourth-order valence-corrected chi connectivity index (χ4v) is 2.88. The predicted octanol–water partition coefficient (Wildman–Crippen LogP) is 3.61. The summed E-state index contributed by atoms with van der Waals surface area (Å²) in [6, 6.07) is 7.49. The lowest BCUT2D eigenvalue weighted by atomic mass is 10.0. The van der Waals surface area contributed by atoms with Crippen molar-refractivity contribution in [3.05, 3.63) is 53.0 Å². The molecule has 5 heteroatoms. The zero-order chi connectivity index (χ0) is 15.9. The Kier molecular flexibility index (Phi) is 3.48. The van der Waals surface area contributed by atoms with Gasteiger partial charge in [0.1, 0.15) is 11.8 Å². The lowest BCUT2D eigenvalue weighted by Crippen LogP contribution is -2.30. The number of carbonyl (C=O) groups excluding carboxylic acids is 1. The molecule has 0 aliphatic rings. The first-order chi connectivity index (χ1) is 10.5. The molecular weight excluding hydrogens is 278 g/mol. The summed E-state index contributed by atoms with van der Waals surface area (Å²) in [5.74, 6) is -0.0579.